The highest BCUT2D eigenvalue weighted by Crippen LogP contribution is 2.25. The van der Waals surface area contributed by atoms with Gasteiger partial charge in [0.25, 0.3) is 0 Å². The van der Waals surface area contributed by atoms with Gasteiger partial charge in [-0.1, -0.05) is 72.3 Å². The Labute approximate surface area is 152 Å². The molecule has 1 aromatic rings. The molecule has 1 aliphatic heterocycles. The quantitative estimate of drug-likeness (QED) is 0.515. The third-order valence-electron chi connectivity index (χ3n) is 4.28. The van der Waals surface area contributed by atoms with Crippen LogP contribution in [0.4, 0.5) is 4.79 Å². The molecule has 0 N–H and O–H groups in total. The molecule has 1 aromatic carbocycles. The number of benzene rings is 1. The van der Waals surface area contributed by atoms with Gasteiger partial charge in [-0.05, 0) is 24.3 Å². The molecule has 1 heterocycles. The van der Waals surface area contributed by atoms with E-state index in [0.29, 0.717) is 12.8 Å². The topological polar surface area (TPSA) is 46.6 Å². The number of cyclic esters (lactones) is 1. The lowest BCUT2D eigenvalue weighted by molar-refractivity contribution is -0.134. The van der Waals surface area contributed by atoms with Crippen LogP contribution in [-0.4, -0.2) is 34.9 Å². The van der Waals surface area contributed by atoms with Gasteiger partial charge in [0.05, 0.1) is 6.04 Å². The van der Waals surface area contributed by atoms with E-state index in [4.69, 9.17) is 4.74 Å². The molecule has 0 aliphatic carbocycles. The summed E-state index contributed by atoms with van der Waals surface area (Å²) in [5.41, 5.74) is 1.10. The van der Waals surface area contributed by atoms with Gasteiger partial charge in [-0.15, -0.1) is 0 Å². The number of carbonyl (C=O) groups is 2. The van der Waals surface area contributed by atoms with Gasteiger partial charge in [-0.2, -0.15) is 0 Å². The summed E-state index contributed by atoms with van der Waals surface area (Å²) in [4.78, 5) is 26.4. The van der Waals surface area contributed by atoms with E-state index in [1.807, 2.05) is 56.3 Å². The average molecular weight is 394 g/mol. The van der Waals surface area contributed by atoms with E-state index in [9.17, 15) is 9.59 Å². The largest absolute Gasteiger partial charge is 0.447 e. The van der Waals surface area contributed by atoms with Crippen molar-refractivity contribution in [2.45, 2.75) is 32.7 Å². The van der Waals surface area contributed by atoms with Crippen LogP contribution in [-0.2, 0) is 16.0 Å². The molecule has 1 fully saturated rings. The van der Waals surface area contributed by atoms with E-state index in [1.54, 1.807) is 0 Å². The fourth-order valence-electron chi connectivity index (χ4n) is 2.91. The van der Waals surface area contributed by atoms with Crippen LogP contribution >= 0.6 is 15.9 Å². The van der Waals surface area contributed by atoms with Gasteiger partial charge >= 0.3 is 6.09 Å². The fraction of sp³-hybridized carbons (Fsp3) is 0.474. The van der Waals surface area contributed by atoms with Crippen molar-refractivity contribution in [3.8, 4) is 0 Å². The summed E-state index contributed by atoms with van der Waals surface area (Å²) in [5, 5.41) is 0.758. The third kappa shape index (κ3) is 4.69. The van der Waals surface area contributed by atoms with Gasteiger partial charge < -0.3 is 4.74 Å². The maximum Gasteiger partial charge on any atom is 0.416 e. The highest BCUT2D eigenvalue weighted by atomic mass is 79.9. The Balaban J connectivity index is 2.13. The Bertz CT molecular complexity index is 586. The first-order chi connectivity index (χ1) is 11.5. The number of carbonyl (C=O) groups excluding carboxylic acids is 2. The first-order valence-electron chi connectivity index (χ1n) is 8.29. The first-order valence-corrected chi connectivity index (χ1v) is 9.41. The van der Waals surface area contributed by atoms with E-state index in [0.717, 1.165) is 10.9 Å². The van der Waals surface area contributed by atoms with E-state index < -0.39 is 6.09 Å². The number of ether oxygens (including phenoxy) is 1. The Kier molecular flexibility index (Phi) is 7.03. The molecule has 2 atom stereocenters. The lowest BCUT2D eigenvalue weighted by atomic mass is 9.90. The van der Waals surface area contributed by atoms with Crippen molar-refractivity contribution < 1.29 is 14.3 Å². The smallest absolute Gasteiger partial charge is 0.416 e. The predicted octanol–water partition coefficient (Wildman–Crippen LogP) is 4.19. The molecule has 0 bridgehead atoms. The van der Waals surface area contributed by atoms with Crippen molar-refractivity contribution in [2.24, 2.45) is 11.8 Å². The molecule has 0 radical (unpaired) electrons. The van der Waals surface area contributed by atoms with Gasteiger partial charge in [0, 0.05) is 11.2 Å². The highest BCUT2D eigenvalue weighted by Gasteiger charge is 2.41. The summed E-state index contributed by atoms with van der Waals surface area (Å²) < 4.78 is 5.17. The minimum atomic E-state index is -0.518. The average Bonchev–Trinajstić information content (AvgIpc) is 2.92. The zero-order valence-electron chi connectivity index (χ0n) is 14.2. The lowest BCUT2D eigenvalue weighted by Gasteiger charge is -2.26. The van der Waals surface area contributed by atoms with Crippen molar-refractivity contribution in [1.82, 2.24) is 4.90 Å². The summed E-state index contributed by atoms with van der Waals surface area (Å²) in [6, 6.07) is 9.65. The monoisotopic (exact) mass is 393 g/mol. The number of imide groups is 1. The van der Waals surface area contributed by atoms with E-state index >= 15 is 0 Å². The van der Waals surface area contributed by atoms with Crippen LogP contribution in [0.25, 0.3) is 0 Å². The molecule has 130 valence electrons. The van der Waals surface area contributed by atoms with Gasteiger partial charge in [0.2, 0.25) is 5.91 Å². The highest BCUT2D eigenvalue weighted by molar-refractivity contribution is 9.09. The minimum absolute atomic E-state index is 0.132. The summed E-state index contributed by atoms with van der Waals surface area (Å²) in [6.45, 7) is 4.29. The first kappa shape index (κ1) is 18.7. The molecular formula is C19H24BrNO3. The van der Waals surface area contributed by atoms with Crippen LogP contribution in [0.15, 0.2) is 42.5 Å². The van der Waals surface area contributed by atoms with Crippen LogP contribution in [0.5, 0.6) is 0 Å². The number of hydrogen-bond acceptors (Lipinski definition) is 3. The molecule has 0 aromatic heterocycles. The van der Waals surface area contributed by atoms with Crippen molar-refractivity contribution in [2.75, 3.05) is 11.9 Å². The van der Waals surface area contributed by atoms with Gasteiger partial charge in [-0.3, -0.25) is 4.79 Å². The molecule has 24 heavy (non-hydrogen) atoms. The molecule has 0 spiro atoms. The maximum atomic E-state index is 13.0. The second-order valence-electron chi connectivity index (χ2n) is 6.34. The second kappa shape index (κ2) is 9.02. The van der Waals surface area contributed by atoms with Gasteiger partial charge in [0.15, 0.2) is 0 Å². The Morgan fingerprint density at radius 1 is 1.33 bits per heavy atom. The lowest BCUT2D eigenvalue weighted by Crippen LogP contribution is -2.44. The minimum Gasteiger partial charge on any atom is -0.447 e. The van der Waals surface area contributed by atoms with Crippen LogP contribution in [0, 0.1) is 11.8 Å². The Morgan fingerprint density at radius 2 is 2.04 bits per heavy atom. The van der Waals surface area contributed by atoms with Crippen LogP contribution in [0.2, 0.25) is 0 Å². The molecule has 0 saturated carbocycles. The number of amides is 2. The zero-order chi connectivity index (χ0) is 17.5. The van der Waals surface area contributed by atoms with Crippen molar-refractivity contribution in [3.63, 3.8) is 0 Å². The normalized spacial score (nSPS) is 19.1. The van der Waals surface area contributed by atoms with Crippen molar-refractivity contribution in [3.05, 3.63) is 48.0 Å². The third-order valence-corrected chi connectivity index (χ3v) is 4.65. The Morgan fingerprint density at radius 3 is 2.67 bits per heavy atom. The number of hydrogen-bond donors (Lipinski definition) is 0. The van der Waals surface area contributed by atoms with Crippen molar-refractivity contribution in [1.29, 1.82) is 0 Å². The van der Waals surface area contributed by atoms with Crippen molar-refractivity contribution >= 4 is 27.9 Å². The van der Waals surface area contributed by atoms with Gasteiger partial charge in [-0.25, -0.2) is 9.69 Å². The molecule has 2 unspecified atom stereocenters. The maximum absolute atomic E-state index is 13.0. The number of alkyl halides is 1. The van der Waals surface area contributed by atoms with E-state index in [1.165, 1.54) is 4.90 Å². The molecule has 5 heteroatoms. The molecule has 1 saturated heterocycles. The van der Waals surface area contributed by atoms with E-state index in [-0.39, 0.29) is 30.4 Å². The molecule has 1 aliphatic rings. The SMILES string of the molecule is CC(C)C(C/C=C/CBr)C(=O)N1C(=O)OCC1Cc1ccccc1. The molecule has 2 rings (SSSR count). The Hall–Kier alpha value is -1.62. The zero-order valence-corrected chi connectivity index (χ0v) is 15.7. The second-order valence-corrected chi connectivity index (χ2v) is 6.99. The number of rotatable bonds is 7. The summed E-state index contributed by atoms with van der Waals surface area (Å²) >= 11 is 3.34. The summed E-state index contributed by atoms with van der Waals surface area (Å²) in [6.07, 6.45) is 4.71. The summed E-state index contributed by atoms with van der Waals surface area (Å²) in [7, 11) is 0. The fourth-order valence-corrected chi connectivity index (χ4v) is 3.17. The standard InChI is InChI=1S/C19H24BrNO3/c1-14(2)17(10-6-7-11-20)18(22)21-16(13-24-19(21)23)12-15-8-4-3-5-9-15/h3-9,14,16-17H,10-13H2,1-2H3/b7-6+. The number of allylic oxidation sites excluding steroid dienone is 2. The number of halogens is 1. The molecular weight excluding hydrogens is 370 g/mol. The summed E-state index contributed by atoms with van der Waals surface area (Å²) in [5.74, 6) is -0.194. The molecule has 4 nitrogen and oxygen atoms in total. The molecule has 2 amide bonds. The number of nitrogens with zero attached hydrogens (tertiary/aromatic N) is 1. The van der Waals surface area contributed by atoms with E-state index in [2.05, 4.69) is 15.9 Å². The van der Waals surface area contributed by atoms with Crippen LogP contribution in [0.1, 0.15) is 25.8 Å². The predicted molar refractivity (Wildman–Crippen MR) is 98.0 cm³/mol. The van der Waals surface area contributed by atoms with Crippen LogP contribution < -0.4 is 0 Å². The van der Waals surface area contributed by atoms with Gasteiger partial charge in [0.1, 0.15) is 6.61 Å². The van der Waals surface area contributed by atoms with Crippen LogP contribution in [0.3, 0.4) is 0 Å².